The van der Waals surface area contributed by atoms with Crippen molar-refractivity contribution in [2.24, 2.45) is 5.73 Å². The van der Waals surface area contributed by atoms with E-state index in [2.05, 4.69) is 10.3 Å². The molecule has 0 aliphatic carbocycles. The zero-order valence-electron chi connectivity index (χ0n) is 8.35. The zero-order valence-corrected chi connectivity index (χ0v) is 8.35. The lowest BCUT2D eigenvalue weighted by atomic mass is 10.3. The SMILES string of the molecule is NCCCCNc1ncccc1[N+](=O)[O-]. The van der Waals surface area contributed by atoms with E-state index in [1.54, 1.807) is 6.07 Å². The van der Waals surface area contributed by atoms with Gasteiger partial charge in [0.05, 0.1) is 4.92 Å². The first-order valence-electron chi connectivity index (χ1n) is 4.79. The first-order valence-corrected chi connectivity index (χ1v) is 4.79. The van der Waals surface area contributed by atoms with Crippen molar-refractivity contribution in [3.8, 4) is 0 Å². The third-order valence-corrected chi connectivity index (χ3v) is 1.91. The Bertz CT molecular complexity index is 330. The first-order chi connectivity index (χ1) is 7.25. The van der Waals surface area contributed by atoms with Crippen molar-refractivity contribution < 1.29 is 4.92 Å². The minimum atomic E-state index is -0.446. The Morgan fingerprint density at radius 3 is 3.00 bits per heavy atom. The van der Waals surface area contributed by atoms with Gasteiger partial charge in [-0.25, -0.2) is 4.98 Å². The molecular formula is C9H14N4O2. The highest BCUT2D eigenvalue weighted by Gasteiger charge is 2.12. The van der Waals surface area contributed by atoms with Crippen molar-refractivity contribution in [1.82, 2.24) is 4.98 Å². The second-order valence-electron chi connectivity index (χ2n) is 3.05. The smallest absolute Gasteiger partial charge is 0.311 e. The Morgan fingerprint density at radius 1 is 1.53 bits per heavy atom. The standard InChI is InChI=1S/C9H14N4O2/c10-5-1-2-6-11-9-8(13(14)15)4-3-7-12-9/h3-4,7H,1-2,5-6,10H2,(H,11,12). The fraction of sp³-hybridized carbons (Fsp3) is 0.444. The van der Waals surface area contributed by atoms with Gasteiger partial charge in [-0.3, -0.25) is 10.1 Å². The predicted octanol–water partition coefficient (Wildman–Crippen LogP) is 1.14. The third-order valence-electron chi connectivity index (χ3n) is 1.91. The molecule has 82 valence electrons. The first kappa shape index (κ1) is 11.4. The van der Waals surface area contributed by atoms with Crippen LogP contribution in [0.4, 0.5) is 11.5 Å². The van der Waals surface area contributed by atoms with Crippen LogP contribution in [0.25, 0.3) is 0 Å². The lowest BCUT2D eigenvalue weighted by Gasteiger charge is -2.04. The highest BCUT2D eigenvalue weighted by Crippen LogP contribution is 2.19. The zero-order chi connectivity index (χ0) is 11.1. The van der Waals surface area contributed by atoms with E-state index in [1.165, 1.54) is 12.3 Å². The second-order valence-corrected chi connectivity index (χ2v) is 3.05. The molecule has 1 rings (SSSR count). The molecule has 0 unspecified atom stereocenters. The number of rotatable bonds is 6. The summed E-state index contributed by atoms with van der Waals surface area (Å²) in [4.78, 5) is 14.1. The van der Waals surface area contributed by atoms with Gasteiger partial charge in [0.1, 0.15) is 0 Å². The molecule has 15 heavy (non-hydrogen) atoms. The largest absolute Gasteiger partial charge is 0.364 e. The molecule has 0 spiro atoms. The summed E-state index contributed by atoms with van der Waals surface area (Å²) >= 11 is 0. The maximum atomic E-state index is 10.6. The maximum Gasteiger partial charge on any atom is 0.311 e. The second kappa shape index (κ2) is 5.92. The molecule has 0 aliphatic rings. The molecule has 6 heteroatoms. The quantitative estimate of drug-likeness (QED) is 0.417. The van der Waals surface area contributed by atoms with Crippen molar-refractivity contribution >= 4 is 11.5 Å². The number of anilines is 1. The molecule has 0 saturated heterocycles. The van der Waals surface area contributed by atoms with E-state index in [-0.39, 0.29) is 5.69 Å². The van der Waals surface area contributed by atoms with Crippen molar-refractivity contribution in [3.63, 3.8) is 0 Å². The van der Waals surface area contributed by atoms with Crippen LogP contribution in [0.15, 0.2) is 18.3 Å². The van der Waals surface area contributed by atoms with Crippen molar-refractivity contribution in [2.45, 2.75) is 12.8 Å². The molecule has 6 nitrogen and oxygen atoms in total. The lowest BCUT2D eigenvalue weighted by Crippen LogP contribution is -2.08. The van der Waals surface area contributed by atoms with E-state index >= 15 is 0 Å². The number of pyridine rings is 1. The van der Waals surface area contributed by atoms with Gasteiger partial charge in [0.2, 0.25) is 5.82 Å². The van der Waals surface area contributed by atoms with Crippen LogP contribution in [0.2, 0.25) is 0 Å². The summed E-state index contributed by atoms with van der Waals surface area (Å²) in [6.07, 6.45) is 3.30. The average molecular weight is 210 g/mol. The molecule has 0 radical (unpaired) electrons. The van der Waals surface area contributed by atoms with Gasteiger partial charge in [0.15, 0.2) is 0 Å². The number of hydrogen-bond donors (Lipinski definition) is 2. The lowest BCUT2D eigenvalue weighted by molar-refractivity contribution is -0.384. The van der Waals surface area contributed by atoms with Gasteiger partial charge in [0, 0.05) is 18.8 Å². The molecule has 1 heterocycles. The van der Waals surface area contributed by atoms with Gasteiger partial charge in [-0.05, 0) is 25.5 Å². The Kier molecular flexibility index (Phi) is 4.49. The van der Waals surface area contributed by atoms with Gasteiger partial charge in [-0.2, -0.15) is 0 Å². The normalized spacial score (nSPS) is 9.93. The summed E-state index contributed by atoms with van der Waals surface area (Å²) in [5.41, 5.74) is 5.34. The Morgan fingerprint density at radius 2 is 2.33 bits per heavy atom. The molecule has 0 aromatic carbocycles. The number of unbranched alkanes of at least 4 members (excludes halogenated alkanes) is 1. The minimum absolute atomic E-state index is 0.00486. The number of aromatic nitrogens is 1. The van der Waals surface area contributed by atoms with Crippen LogP contribution in [0, 0.1) is 10.1 Å². The van der Waals surface area contributed by atoms with Gasteiger partial charge in [-0.1, -0.05) is 0 Å². The highest BCUT2D eigenvalue weighted by atomic mass is 16.6. The van der Waals surface area contributed by atoms with Crippen LogP contribution in [0.3, 0.4) is 0 Å². The topological polar surface area (TPSA) is 94.1 Å². The molecule has 0 aliphatic heterocycles. The highest BCUT2D eigenvalue weighted by molar-refractivity contribution is 5.54. The summed E-state index contributed by atoms with van der Waals surface area (Å²) in [6, 6.07) is 2.97. The Labute approximate surface area is 87.7 Å². The molecule has 0 amide bonds. The van der Waals surface area contributed by atoms with Gasteiger partial charge >= 0.3 is 5.69 Å². The number of nitro groups is 1. The van der Waals surface area contributed by atoms with Crippen molar-refractivity contribution in [1.29, 1.82) is 0 Å². The van der Waals surface area contributed by atoms with Gasteiger partial charge in [0.25, 0.3) is 0 Å². The van der Waals surface area contributed by atoms with Crippen molar-refractivity contribution in [3.05, 3.63) is 28.4 Å². The maximum absolute atomic E-state index is 10.6. The molecule has 0 bridgehead atoms. The summed E-state index contributed by atoms with van der Waals surface area (Å²) in [7, 11) is 0. The average Bonchev–Trinajstić information content (AvgIpc) is 2.25. The molecule has 0 fully saturated rings. The summed E-state index contributed by atoms with van der Waals surface area (Å²) in [5.74, 6) is 0.319. The van der Waals surface area contributed by atoms with E-state index in [0.717, 1.165) is 12.8 Å². The molecule has 3 N–H and O–H groups in total. The minimum Gasteiger partial charge on any atom is -0.364 e. The van der Waals surface area contributed by atoms with Crippen LogP contribution >= 0.6 is 0 Å². The summed E-state index contributed by atoms with van der Waals surface area (Å²) in [6.45, 7) is 1.28. The molecule has 1 aromatic heterocycles. The molecule has 1 aromatic rings. The Balaban J connectivity index is 2.56. The van der Waals surface area contributed by atoms with E-state index in [4.69, 9.17) is 5.73 Å². The summed E-state index contributed by atoms with van der Waals surface area (Å²) < 4.78 is 0. The van der Waals surface area contributed by atoms with Crippen LogP contribution in [0.1, 0.15) is 12.8 Å². The Hall–Kier alpha value is -1.69. The fourth-order valence-electron chi connectivity index (χ4n) is 1.16. The number of nitrogens with zero attached hydrogens (tertiary/aromatic N) is 2. The van der Waals surface area contributed by atoms with Crippen LogP contribution in [-0.4, -0.2) is 23.0 Å². The van der Waals surface area contributed by atoms with E-state index in [9.17, 15) is 10.1 Å². The van der Waals surface area contributed by atoms with Crippen LogP contribution < -0.4 is 11.1 Å². The fourth-order valence-corrected chi connectivity index (χ4v) is 1.16. The number of nitrogens with two attached hydrogens (primary N) is 1. The van der Waals surface area contributed by atoms with Gasteiger partial charge in [-0.15, -0.1) is 0 Å². The molecule has 0 saturated carbocycles. The third kappa shape index (κ3) is 3.51. The van der Waals surface area contributed by atoms with E-state index < -0.39 is 4.92 Å². The molecule has 0 atom stereocenters. The van der Waals surface area contributed by atoms with E-state index in [1.807, 2.05) is 0 Å². The van der Waals surface area contributed by atoms with Crippen molar-refractivity contribution in [2.75, 3.05) is 18.4 Å². The van der Waals surface area contributed by atoms with E-state index in [0.29, 0.717) is 18.9 Å². The summed E-state index contributed by atoms with van der Waals surface area (Å²) in [5, 5.41) is 13.5. The van der Waals surface area contributed by atoms with Gasteiger partial charge < -0.3 is 11.1 Å². The van der Waals surface area contributed by atoms with Crippen LogP contribution in [-0.2, 0) is 0 Å². The monoisotopic (exact) mass is 210 g/mol. The predicted molar refractivity (Wildman–Crippen MR) is 57.7 cm³/mol. The number of hydrogen-bond acceptors (Lipinski definition) is 5. The van der Waals surface area contributed by atoms with Crippen LogP contribution in [0.5, 0.6) is 0 Å². The number of nitrogens with one attached hydrogen (secondary N) is 1. The molecular weight excluding hydrogens is 196 g/mol.